The van der Waals surface area contributed by atoms with Crippen molar-refractivity contribution in [3.63, 3.8) is 0 Å². The largest absolute Gasteiger partial charge is 0.461 e. The van der Waals surface area contributed by atoms with Crippen molar-refractivity contribution in [2.24, 2.45) is 0 Å². The Kier molecular flexibility index (Phi) is 6.34. The number of esters is 1. The van der Waals surface area contributed by atoms with E-state index >= 15 is 0 Å². The second-order valence-corrected chi connectivity index (χ2v) is 7.14. The second-order valence-electron chi connectivity index (χ2n) is 4.67. The van der Waals surface area contributed by atoms with Crippen LogP contribution in [0.5, 0.6) is 0 Å². The average Bonchev–Trinajstić information content (AvgIpc) is 2.95. The molecule has 0 unspecified atom stereocenters. The van der Waals surface area contributed by atoms with Gasteiger partial charge in [-0.1, -0.05) is 11.6 Å². The molecule has 24 heavy (non-hydrogen) atoms. The standard InChI is InChI=1S/C14H19ClN3O5P/c1-4-21-13(19)11-8-18-12(10(15)7-16-14(18)17-11)9-24(20,22-5-2)23-6-3/h7-8H,4-6,9H2,1-3H3. The van der Waals surface area contributed by atoms with E-state index in [1.54, 1.807) is 20.8 Å². The molecular weight excluding hydrogens is 357 g/mol. The number of halogens is 1. The molecule has 10 heteroatoms. The number of hydrogen-bond acceptors (Lipinski definition) is 7. The van der Waals surface area contributed by atoms with Crippen LogP contribution in [-0.4, -0.2) is 40.2 Å². The van der Waals surface area contributed by atoms with Crippen molar-refractivity contribution < 1.29 is 23.1 Å². The van der Waals surface area contributed by atoms with E-state index in [-0.39, 0.29) is 42.5 Å². The van der Waals surface area contributed by atoms with E-state index in [9.17, 15) is 9.36 Å². The monoisotopic (exact) mass is 375 g/mol. The Hall–Kier alpha value is -1.47. The number of carbonyl (C=O) groups excluding carboxylic acids is 1. The summed E-state index contributed by atoms with van der Waals surface area (Å²) in [5.41, 5.74) is 0.533. The minimum Gasteiger partial charge on any atom is -0.461 e. The summed E-state index contributed by atoms with van der Waals surface area (Å²) in [6, 6.07) is 0. The summed E-state index contributed by atoms with van der Waals surface area (Å²) in [7, 11) is -3.38. The summed E-state index contributed by atoms with van der Waals surface area (Å²) in [5, 5.41) is 0.273. The molecule has 0 spiro atoms. The van der Waals surface area contributed by atoms with Crippen LogP contribution in [-0.2, 0) is 24.5 Å². The van der Waals surface area contributed by atoms with Gasteiger partial charge in [-0.15, -0.1) is 0 Å². The number of aromatic nitrogens is 3. The quantitative estimate of drug-likeness (QED) is 0.516. The molecule has 0 bridgehead atoms. The van der Waals surface area contributed by atoms with Gasteiger partial charge in [0.1, 0.15) is 0 Å². The lowest BCUT2D eigenvalue weighted by Crippen LogP contribution is -2.05. The van der Waals surface area contributed by atoms with Crippen molar-refractivity contribution in [1.29, 1.82) is 0 Å². The zero-order valence-electron chi connectivity index (χ0n) is 13.7. The van der Waals surface area contributed by atoms with Crippen LogP contribution in [0.4, 0.5) is 0 Å². The van der Waals surface area contributed by atoms with Gasteiger partial charge in [-0.25, -0.2) is 14.8 Å². The Labute approximate surface area is 144 Å². The minimum absolute atomic E-state index is 0.0643. The molecule has 2 aromatic heterocycles. The molecule has 0 aliphatic carbocycles. The lowest BCUT2D eigenvalue weighted by Gasteiger charge is -2.18. The smallest absolute Gasteiger partial charge is 0.358 e. The fourth-order valence-electron chi connectivity index (χ4n) is 2.12. The maximum atomic E-state index is 12.8. The first-order valence-electron chi connectivity index (χ1n) is 7.51. The fourth-order valence-corrected chi connectivity index (χ4v) is 4.16. The molecule has 0 fully saturated rings. The zero-order valence-corrected chi connectivity index (χ0v) is 15.3. The van der Waals surface area contributed by atoms with E-state index in [1.165, 1.54) is 16.8 Å². The summed E-state index contributed by atoms with van der Waals surface area (Å²) >= 11 is 6.20. The Morgan fingerprint density at radius 2 is 1.92 bits per heavy atom. The van der Waals surface area contributed by atoms with Gasteiger partial charge in [-0.2, -0.15) is 0 Å². The molecule has 0 saturated carbocycles. The molecule has 0 radical (unpaired) electrons. The van der Waals surface area contributed by atoms with Crippen LogP contribution in [0.2, 0.25) is 5.02 Å². The number of hydrogen-bond donors (Lipinski definition) is 0. The third-order valence-electron chi connectivity index (χ3n) is 3.03. The maximum absolute atomic E-state index is 12.8. The van der Waals surface area contributed by atoms with Crippen LogP contribution in [0.15, 0.2) is 12.4 Å². The Bertz CT molecular complexity index is 769. The van der Waals surface area contributed by atoms with Gasteiger partial charge < -0.3 is 13.8 Å². The van der Waals surface area contributed by atoms with E-state index in [0.717, 1.165) is 0 Å². The first kappa shape index (κ1) is 18.9. The van der Waals surface area contributed by atoms with E-state index in [0.29, 0.717) is 5.69 Å². The van der Waals surface area contributed by atoms with Gasteiger partial charge in [0.25, 0.3) is 0 Å². The molecule has 0 aromatic carbocycles. The number of ether oxygens (including phenoxy) is 1. The van der Waals surface area contributed by atoms with Gasteiger partial charge in [-0.3, -0.25) is 8.97 Å². The van der Waals surface area contributed by atoms with Gasteiger partial charge in [0.05, 0.1) is 42.9 Å². The molecule has 8 nitrogen and oxygen atoms in total. The first-order chi connectivity index (χ1) is 11.4. The Balaban J connectivity index is 2.46. The van der Waals surface area contributed by atoms with Crippen LogP contribution in [0, 0.1) is 0 Å². The van der Waals surface area contributed by atoms with Gasteiger partial charge in [-0.05, 0) is 20.8 Å². The SMILES string of the molecule is CCOC(=O)c1cn2c(CP(=O)(OCC)OCC)c(Cl)cnc2n1. The number of carbonyl (C=O) groups is 1. The van der Waals surface area contributed by atoms with Crippen molar-refractivity contribution in [2.75, 3.05) is 19.8 Å². The highest BCUT2D eigenvalue weighted by atomic mass is 35.5. The van der Waals surface area contributed by atoms with Crippen molar-refractivity contribution >= 4 is 30.9 Å². The minimum atomic E-state index is -3.38. The summed E-state index contributed by atoms with van der Waals surface area (Å²) in [4.78, 5) is 20.0. The molecule has 2 rings (SSSR count). The predicted molar refractivity (Wildman–Crippen MR) is 88.5 cm³/mol. The third-order valence-corrected chi connectivity index (χ3v) is 5.33. The highest BCUT2D eigenvalue weighted by Crippen LogP contribution is 2.52. The first-order valence-corrected chi connectivity index (χ1v) is 9.62. The summed E-state index contributed by atoms with van der Waals surface area (Å²) in [6.45, 7) is 5.87. The van der Waals surface area contributed by atoms with E-state index < -0.39 is 13.6 Å². The molecule has 2 aromatic rings. The number of fused-ring (bicyclic) bond motifs is 1. The zero-order chi connectivity index (χ0) is 17.7. The molecule has 0 atom stereocenters. The van der Waals surface area contributed by atoms with Crippen molar-refractivity contribution in [1.82, 2.24) is 14.4 Å². The van der Waals surface area contributed by atoms with Crippen LogP contribution >= 0.6 is 19.2 Å². The Morgan fingerprint density at radius 1 is 1.25 bits per heavy atom. The van der Waals surface area contributed by atoms with Crippen molar-refractivity contribution in [3.05, 3.63) is 28.8 Å². The van der Waals surface area contributed by atoms with Crippen LogP contribution in [0.1, 0.15) is 37.0 Å². The van der Waals surface area contributed by atoms with E-state index in [1.807, 2.05) is 0 Å². The maximum Gasteiger partial charge on any atom is 0.358 e. The second kappa shape index (κ2) is 8.07. The third kappa shape index (κ3) is 4.13. The topological polar surface area (TPSA) is 92.0 Å². The van der Waals surface area contributed by atoms with Crippen LogP contribution < -0.4 is 0 Å². The van der Waals surface area contributed by atoms with Crippen LogP contribution in [0.25, 0.3) is 5.78 Å². The van der Waals surface area contributed by atoms with Gasteiger partial charge in [0, 0.05) is 6.20 Å². The predicted octanol–water partition coefficient (Wildman–Crippen LogP) is 3.33. The summed E-state index contributed by atoms with van der Waals surface area (Å²) in [6.07, 6.45) is 2.77. The lowest BCUT2D eigenvalue weighted by molar-refractivity contribution is 0.0520. The molecule has 0 aliphatic heterocycles. The summed E-state index contributed by atoms with van der Waals surface area (Å²) < 4.78 is 29.8. The van der Waals surface area contributed by atoms with Gasteiger partial charge >= 0.3 is 13.6 Å². The molecule has 0 N–H and O–H groups in total. The molecule has 0 saturated heterocycles. The van der Waals surface area contributed by atoms with E-state index in [2.05, 4.69) is 9.97 Å². The average molecular weight is 376 g/mol. The molecule has 132 valence electrons. The molecule has 0 aliphatic rings. The number of rotatable bonds is 8. The molecule has 2 heterocycles. The summed E-state index contributed by atoms with van der Waals surface area (Å²) in [5.74, 6) is -0.320. The molecule has 0 amide bonds. The number of nitrogens with zero attached hydrogens (tertiary/aromatic N) is 3. The highest BCUT2D eigenvalue weighted by Gasteiger charge is 2.28. The van der Waals surface area contributed by atoms with Crippen LogP contribution in [0.3, 0.4) is 0 Å². The highest BCUT2D eigenvalue weighted by molar-refractivity contribution is 7.53. The molecular formula is C14H19ClN3O5P. The lowest BCUT2D eigenvalue weighted by atomic mass is 10.4. The normalized spacial score (nSPS) is 11.8. The Morgan fingerprint density at radius 3 is 2.50 bits per heavy atom. The van der Waals surface area contributed by atoms with Gasteiger partial charge in [0.15, 0.2) is 5.69 Å². The van der Waals surface area contributed by atoms with Crippen molar-refractivity contribution in [2.45, 2.75) is 26.9 Å². The van der Waals surface area contributed by atoms with Gasteiger partial charge in [0.2, 0.25) is 5.78 Å². The number of imidazole rings is 1. The van der Waals surface area contributed by atoms with Crippen molar-refractivity contribution in [3.8, 4) is 0 Å². The fraction of sp³-hybridized carbons (Fsp3) is 0.500. The van der Waals surface area contributed by atoms with E-state index in [4.69, 9.17) is 25.4 Å².